The Labute approximate surface area is 50.2 Å². The highest BCUT2D eigenvalue weighted by Crippen LogP contribution is 1.90. The molecule has 1 rings (SSSR count). The zero-order chi connectivity index (χ0) is 6.69. The fraction of sp³-hybridized carbons (Fsp3) is 0. The van der Waals surface area contributed by atoms with Crippen molar-refractivity contribution in [1.29, 1.82) is 0 Å². The van der Waals surface area contributed by atoms with Crippen LogP contribution in [0.2, 0.25) is 0 Å². The van der Waals surface area contributed by atoms with Crippen LogP contribution in [0, 0.1) is 10.4 Å². The standard InChI is InChI=1S/C2H4N5O2/c8-7(9)5-2-1-3-6-4-2/h1,3-4,6H/q-1. The fourth-order valence-corrected chi connectivity index (χ4v) is 0.382. The monoisotopic (exact) mass is 130 g/mol. The smallest absolute Gasteiger partial charge is 0.229 e. The van der Waals surface area contributed by atoms with E-state index in [4.69, 9.17) is 0 Å². The summed E-state index contributed by atoms with van der Waals surface area (Å²) in [5.74, 6) is 0.153. The summed E-state index contributed by atoms with van der Waals surface area (Å²) in [5, 5.41) is 21.5. The molecule has 0 fully saturated rings. The summed E-state index contributed by atoms with van der Waals surface area (Å²) < 4.78 is 0. The molecule has 0 aromatic carbocycles. The number of hydrogen-bond donors (Lipinski definition) is 3. The summed E-state index contributed by atoms with van der Waals surface area (Å²) in [4.78, 5) is 0. The highest BCUT2D eigenvalue weighted by molar-refractivity contribution is 4.95. The largest absolute Gasteiger partial charge is 0.587 e. The van der Waals surface area contributed by atoms with E-state index in [0.29, 0.717) is 0 Å². The molecule has 1 aliphatic heterocycles. The molecule has 0 bridgehead atoms. The summed E-state index contributed by atoms with van der Waals surface area (Å²) >= 11 is 0. The molecule has 0 amide bonds. The van der Waals surface area contributed by atoms with Crippen LogP contribution in [0.5, 0.6) is 0 Å². The minimum absolute atomic E-state index is 0.153. The summed E-state index contributed by atoms with van der Waals surface area (Å²) in [6.45, 7) is 0. The molecule has 3 N–H and O–H groups in total. The summed E-state index contributed by atoms with van der Waals surface area (Å²) in [7, 11) is 0. The van der Waals surface area contributed by atoms with Crippen molar-refractivity contribution < 1.29 is 5.02 Å². The molecule has 0 saturated carbocycles. The number of nitrogens with zero attached hydrogens (tertiary/aromatic N) is 2. The predicted molar refractivity (Wildman–Crippen MR) is 26.9 cm³/mol. The van der Waals surface area contributed by atoms with Gasteiger partial charge in [-0.1, -0.05) is 5.02 Å². The van der Waals surface area contributed by atoms with Crippen LogP contribution >= 0.6 is 0 Å². The van der Waals surface area contributed by atoms with Gasteiger partial charge in [-0.05, 0) is 0 Å². The molecule has 0 radical (unpaired) electrons. The van der Waals surface area contributed by atoms with Crippen LogP contribution in [0.15, 0.2) is 17.1 Å². The van der Waals surface area contributed by atoms with Gasteiger partial charge in [0.2, 0.25) is 5.82 Å². The minimum Gasteiger partial charge on any atom is -0.587 e. The molecular weight excluding hydrogens is 126 g/mol. The quantitative estimate of drug-likeness (QED) is 0.308. The van der Waals surface area contributed by atoms with E-state index >= 15 is 0 Å². The molecule has 9 heavy (non-hydrogen) atoms. The summed E-state index contributed by atoms with van der Waals surface area (Å²) in [5.41, 5.74) is 7.22. The molecule has 0 saturated heterocycles. The Morgan fingerprint density at radius 3 is 2.78 bits per heavy atom. The third-order valence-electron chi connectivity index (χ3n) is 0.661. The lowest BCUT2D eigenvalue weighted by Gasteiger charge is -1.97. The minimum atomic E-state index is -0.784. The third-order valence-corrected chi connectivity index (χ3v) is 0.661. The number of hydrogen-bond acceptors (Lipinski definition) is 6. The molecule has 0 aromatic rings. The van der Waals surface area contributed by atoms with E-state index in [1.165, 1.54) is 6.20 Å². The van der Waals surface area contributed by atoms with Gasteiger partial charge in [0.1, 0.15) is 0 Å². The number of nitrogens with one attached hydrogen (secondary N) is 3. The van der Waals surface area contributed by atoms with Crippen LogP contribution in [0.4, 0.5) is 0 Å². The molecule has 0 spiro atoms. The Balaban J connectivity index is 2.53. The average molecular weight is 130 g/mol. The van der Waals surface area contributed by atoms with Crippen molar-refractivity contribution in [3.63, 3.8) is 0 Å². The van der Waals surface area contributed by atoms with Crippen LogP contribution in [-0.4, -0.2) is 5.02 Å². The lowest BCUT2D eigenvalue weighted by Crippen LogP contribution is -2.31. The maximum absolute atomic E-state index is 9.66. The summed E-state index contributed by atoms with van der Waals surface area (Å²) in [6.07, 6.45) is 1.34. The van der Waals surface area contributed by atoms with E-state index in [9.17, 15) is 10.4 Å². The Hall–Kier alpha value is -1.50. The molecule has 0 atom stereocenters. The molecule has 0 unspecified atom stereocenters. The van der Waals surface area contributed by atoms with Crippen molar-refractivity contribution in [1.82, 2.24) is 16.4 Å². The van der Waals surface area contributed by atoms with Crippen molar-refractivity contribution in [2.24, 2.45) is 5.11 Å². The molecule has 50 valence electrons. The zero-order valence-electron chi connectivity index (χ0n) is 4.29. The van der Waals surface area contributed by atoms with Gasteiger partial charge in [-0.3, -0.25) is 5.43 Å². The third kappa shape index (κ3) is 1.46. The Morgan fingerprint density at radius 1 is 1.56 bits per heavy atom. The molecule has 7 nitrogen and oxygen atoms in total. The maximum atomic E-state index is 9.66. The van der Waals surface area contributed by atoms with Crippen LogP contribution in [0.1, 0.15) is 0 Å². The Morgan fingerprint density at radius 2 is 2.33 bits per heavy atom. The highest BCUT2D eigenvalue weighted by atomic mass is 16.8. The van der Waals surface area contributed by atoms with Gasteiger partial charge in [0.25, 0.3) is 0 Å². The van der Waals surface area contributed by atoms with E-state index in [1.54, 1.807) is 0 Å². The topological polar surface area (TPSA) is 97.6 Å². The van der Waals surface area contributed by atoms with E-state index in [0.717, 1.165) is 0 Å². The van der Waals surface area contributed by atoms with Crippen molar-refractivity contribution in [3.05, 3.63) is 22.4 Å². The van der Waals surface area contributed by atoms with Crippen molar-refractivity contribution in [3.8, 4) is 0 Å². The Bertz CT molecular complexity index is 158. The van der Waals surface area contributed by atoms with Crippen molar-refractivity contribution in [2.45, 2.75) is 0 Å². The van der Waals surface area contributed by atoms with Crippen LogP contribution < -0.4 is 16.4 Å². The van der Waals surface area contributed by atoms with Crippen LogP contribution in [0.3, 0.4) is 0 Å². The molecule has 7 heteroatoms. The van der Waals surface area contributed by atoms with E-state index in [2.05, 4.69) is 21.5 Å². The Kier molecular flexibility index (Phi) is 1.36. The van der Waals surface area contributed by atoms with E-state index in [-0.39, 0.29) is 5.82 Å². The molecule has 1 heterocycles. The fourth-order valence-electron chi connectivity index (χ4n) is 0.382. The van der Waals surface area contributed by atoms with E-state index < -0.39 is 5.02 Å². The number of hydrazine groups is 2. The maximum Gasteiger partial charge on any atom is 0.229 e. The number of rotatable bonds is 1. The lowest BCUT2D eigenvalue weighted by molar-refractivity contribution is -0.455. The van der Waals surface area contributed by atoms with Crippen molar-refractivity contribution >= 4 is 0 Å². The lowest BCUT2D eigenvalue weighted by atomic mass is 10.8. The van der Waals surface area contributed by atoms with Crippen LogP contribution in [-0.2, 0) is 0 Å². The normalized spacial score (nSPS) is 15.3. The van der Waals surface area contributed by atoms with Gasteiger partial charge in [-0.15, -0.1) is 5.53 Å². The second kappa shape index (κ2) is 2.18. The first kappa shape index (κ1) is 5.63. The van der Waals surface area contributed by atoms with Gasteiger partial charge in [0.15, 0.2) is 0 Å². The van der Waals surface area contributed by atoms with Gasteiger partial charge in [-0.25, -0.2) is 0 Å². The molecular formula is C2H4N5O2-. The first-order chi connectivity index (χ1) is 4.29. The van der Waals surface area contributed by atoms with Crippen LogP contribution in [0.25, 0.3) is 0 Å². The SMILES string of the molecule is [O-][N+]([O-])=NC1=CNNN1. The average Bonchev–Trinajstić information content (AvgIpc) is 2.15. The predicted octanol–water partition coefficient (Wildman–Crippen LogP) is -1.14. The molecule has 0 aliphatic carbocycles. The van der Waals surface area contributed by atoms with Gasteiger partial charge < -0.3 is 15.8 Å². The second-order valence-electron chi connectivity index (χ2n) is 1.26. The van der Waals surface area contributed by atoms with Crippen molar-refractivity contribution in [2.75, 3.05) is 0 Å². The van der Waals surface area contributed by atoms with Gasteiger partial charge in [0, 0.05) is 5.11 Å². The molecule has 1 aliphatic rings. The molecule has 0 aromatic heterocycles. The first-order valence-corrected chi connectivity index (χ1v) is 2.12. The van der Waals surface area contributed by atoms with Gasteiger partial charge in [-0.2, -0.15) is 0 Å². The highest BCUT2D eigenvalue weighted by Gasteiger charge is 2.00. The van der Waals surface area contributed by atoms with E-state index in [1.807, 2.05) is 0 Å². The zero-order valence-corrected chi connectivity index (χ0v) is 4.29. The second-order valence-corrected chi connectivity index (χ2v) is 1.26. The van der Waals surface area contributed by atoms with Gasteiger partial charge in [0.05, 0.1) is 6.20 Å². The first-order valence-electron chi connectivity index (χ1n) is 2.12. The summed E-state index contributed by atoms with van der Waals surface area (Å²) in [6, 6.07) is 0. The van der Waals surface area contributed by atoms with Gasteiger partial charge >= 0.3 is 0 Å².